The number of nitrogens with zero attached hydrogens (tertiary/aromatic N) is 2. The van der Waals surface area contributed by atoms with Gasteiger partial charge in [-0.05, 0) is 104 Å². The van der Waals surface area contributed by atoms with Crippen LogP contribution in [-0.4, -0.2) is 92.4 Å². The molecule has 0 aliphatic carbocycles. The van der Waals surface area contributed by atoms with Crippen molar-refractivity contribution < 1.29 is 38.7 Å². The second-order valence-electron chi connectivity index (χ2n) is 15.5. The lowest BCUT2D eigenvalue weighted by atomic mass is 9.82. The van der Waals surface area contributed by atoms with Crippen LogP contribution in [0.25, 0.3) is 0 Å². The van der Waals surface area contributed by atoms with E-state index in [0.29, 0.717) is 25.1 Å². The Morgan fingerprint density at radius 2 is 1.43 bits per heavy atom. The molecule has 0 spiro atoms. The van der Waals surface area contributed by atoms with Gasteiger partial charge in [0.1, 0.15) is 30.3 Å². The van der Waals surface area contributed by atoms with Gasteiger partial charge in [-0.2, -0.15) is 5.06 Å². The zero-order valence-corrected chi connectivity index (χ0v) is 31.6. The molecule has 14 heteroatoms. The Morgan fingerprint density at radius 3 is 2.00 bits per heavy atom. The number of hydroxylamine groups is 2. The van der Waals surface area contributed by atoms with Gasteiger partial charge in [-0.15, -0.1) is 0 Å². The Bertz CT molecular complexity index is 1410. The Hall–Kier alpha value is -4.04. The number of nitrogens with one attached hydrogen (secondary N) is 4. The van der Waals surface area contributed by atoms with Crippen LogP contribution in [0, 0.1) is 5.92 Å². The first-order valence-corrected chi connectivity index (χ1v) is 18.0. The number of carbonyl (C=O) groups is 6. The van der Waals surface area contributed by atoms with Crippen LogP contribution in [-0.2, 0) is 33.6 Å². The predicted octanol–water partition coefficient (Wildman–Crippen LogP) is 3.67. The van der Waals surface area contributed by atoms with E-state index in [9.17, 15) is 28.8 Å². The van der Waals surface area contributed by atoms with Gasteiger partial charge in [-0.25, -0.2) is 0 Å². The average molecular weight is 715 g/mol. The van der Waals surface area contributed by atoms with Gasteiger partial charge in [0.15, 0.2) is 0 Å². The van der Waals surface area contributed by atoms with Gasteiger partial charge in [0.05, 0.1) is 6.42 Å². The number of aliphatic carboxylic acids is 1. The Balaban J connectivity index is 1.58. The van der Waals surface area contributed by atoms with Gasteiger partial charge in [0.2, 0.25) is 29.5 Å². The summed E-state index contributed by atoms with van der Waals surface area (Å²) in [6.07, 6.45) is 3.37. The number of carbonyl (C=O) groups excluding carboxylic acids is 5. The summed E-state index contributed by atoms with van der Waals surface area (Å²) >= 11 is 0. The molecule has 5 atom stereocenters. The summed E-state index contributed by atoms with van der Waals surface area (Å²) in [6, 6.07) is 3.77. The van der Waals surface area contributed by atoms with Crippen molar-refractivity contribution in [3.63, 3.8) is 0 Å². The zero-order chi connectivity index (χ0) is 38.3. The minimum absolute atomic E-state index is 0.0945. The second kappa shape index (κ2) is 17.5. The third-order valence-electron chi connectivity index (χ3n) is 9.74. The molecule has 0 aromatic heterocycles. The average Bonchev–Trinajstić information content (AvgIpc) is 3.54. The van der Waals surface area contributed by atoms with Crippen molar-refractivity contribution in [1.29, 1.82) is 0 Å². The molecule has 0 saturated carbocycles. The smallest absolute Gasteiger partial charge is 0.303 e. The maximum atomic E-state index is 13.5. The summed E-state index contributed by atoms with van der Waals surface area (Å²) in [4.78, 5) is 83.5. The predicted molar refractivity (Wildman–Crippen MR) is 192 cm³/mol. The summed E-state index contributed by atoms with van der Waals surface area (Å²) in [5.74, 6) is -3.93. The monoisotopic (exact) mass is 714 g/mol. The first-order valence-electron chi connectivity index (χ1n) is 18.0. The molecule has 2 aliphatic heterocycles. The van der Waals surface area contributed by atoms with E-state index in [0.717, 1.165) is 24.8 Å². The lowest BCUT2D eigenvalue weighted by Gasteiger charge is -2.52. The fourth-order valence-electron chi connectivity index (χ4n) is 6.87. The first kappa shape index (κ1) is 41.4. The normalized spacial score (nSPS) is 20.8. The molecule has 1 aromatic rings. The Kier molecular flexibility index (Phi) is 14.2. The highest BCUT2D eigenvalue weighted by Gasteiger charge is 2.43. The molecule has 0 bridgehead atoms. The number of piperidine rings is 1. The minimum atomic E-state index is -1.13. The molecule has 5 N–H and O–H groups in total. The van der Waals surface area contributed by atoms with Crippen LogP contribution in [0.4, 0.5) is 5.69 Å². The number of likely N-dealkylation sites (tertiary alicyclic amines) is 1. The van der Waals surface area contributed by atoms with Gasteiger partial charge in [-0.3, -0.25) is 33.6 Å². The lowest BCUT2D eigenvalue weighted by molar-refractivity contribution is -0.304. The molecule has 284 valence electrons. The van der Waals surface area contributed by atoms with Crippen LogP contribution in [0.3, 0.4) is 0 Å². The van der Waals surface area contributed by atoms with Crippen LogP contribution in [0.15, 0.2) is 24.3 Å². The van der Waals surface area contributed by atoms with E-state index >= 15 is 0 Å². The summed E-state index contributed by atoms with van der Waals surface area (Å²) < 4.78 is 0. The van der Waals surface area contributed by atoms with E-state index in [1.807, 2.05) is 45.0 Å². The fraction of sp³-hybridized carbons (Fsp3) is 0.676. The van der Waals surface area contributed by atoms with Crippen molar-refractivity contribution in [1.82, 2.24) is 25.9 Å². The molecule has 2 heterocycles. The summed E-state index contributed by atoms with van der Waals surface area (Å²) in [6.45, 7) is 17.7. The van der Waals surface area contributed by atoms with Gasteiger partial charge in [0.25, 0.3) is 0 Å². The molecule has 14 nitrogen and oxygen atoms in total. The first-order chi connectivity index (χ1) is 23.7. The molecule has 3 rings (SSSR count). The van der Waals surface area contributed by atoms with E-state index in [2.05, 4.69) is 54.0 Å². The molecule has 1 aromatic carbocycles. The SMILES string of the molecule is CC(ON1C(C)(C)CCCC1(C)C)c1ccc(NC(=O)[C@@H](NC(=O)[C@@H]2CCCN2C(=O)[C@H](C)NC(=O)[C@H](C)NC(=O)CCC(=O)O)C(C)C)cc1. The third kappa shape index (κ3) is 11.2. The van der Waals surface area contributed by atoms with Crippen molar-refractivity contribution in [2.24, 2.45) is 5.92 Å². The molecule has 51 heavy (non-hydrogen) atoms. The number of hydrogen-bond donors (Lipinski definition) is 5. The minimum Gasteiger partial charge on any atom is -0.481 e. The molecule has 2 saturated heterocycles. The highest BCUT2D eigenvalue weighted by atomic mass is 16.7. The number of rotatable bonds is 15. The molecule has 2 aliphatic rings. The Labute approximate surface area is 301 Å². The summed E-state index contributed by atoms with van der Waals surface area (Å²) in [5.41, 5.74) is 1.35. The fourth-order valence-corrected chi connectivity index (χ4v) is 6.87. The van der Waals surface area contributed by atoms with Crippen molar-refractivity contribution in [3.8, 4) is 0 Å². The van der Waals surface area contributed by atoms with Crippen molar-refractivity contribution in [2.45, 2.75) is 149 Å². The lowest BCUT2D eigenvalue weighted by Crippen LogP contribution is -2.58. The standard InChI is InChI=1S/C37H58N6O8/c1-22(2)31(34(49)40-27-15-13-26(14-16-27)25(5)51-43-36(6,7)19-11-20-37(43,8)9)41-33(48)28-12-10-21-42(28)35(50)24(4)39-32(47)23(3)38-29(44)17-18-30(45)46/h13-16,22-25,28,31H,10-12,17-21H2,1-9H3,(H,38,44)(H,39,47)(H,40,49)(H,41,48)(H,45,46)/t23-,24-,25?,28-,31-/m0/s1. The van der Waals surface area contributed by atoms with E-state index in [-0.39, 0.29) is 41.8 Å². The maximum Gasteiger partial charge on any atom is 0.303 e. The maximum absolute atomic E-state index is 13.5. The number of carboxylic acids is 1. The highest BCUT2D eigenvalue weighted by Crippen LogP contribution is 2.40. The van der Waals surface area contributed by atoms with Crippen LogP contribution < -0.4 is 21.3 Å². The summed E-state index contributed by atoms with van der Waals surface area (Å²) in [7, 11) is 0. The van der Waals surface area contributed by atoms with E-state index in [4.69, 9.17) is 9.94 Å². The molecule has 2 fully saturated rings. The van der Waals surface area contributed by atoms with Gasteiger partial charge >= 0.3 is 5.97 Å². The van der Waals surface area contributed by atoms with Crippen molar-refractivity contribution in [3.05, 3.63) is 29.8 Å². The number of carboxylic acid groups (broad SMARTS) is 1. The molecule has 5 amide bonds. The van der Waals surface area contributed by atoms with Crippen LogP contribution in [0.5, 0.6) is 0 Å². The van der Waals surface area contributed by atoms with Gasteiger partial charge < -0.3 is 31.3 Å². The second-order valence-corrected chi connectivity index (χ2v) is 15.5. The van der Waals surface area contributed by atoms with Crippen LogP contribution >= 0.6 is 0 Å². The molecule has 0 radical (unpaired) electrons. The van der Waals surface area contributed by atoms with Crippen molar-refractivity contribution >= 4 is 41.2 Å². The third-order valence-corrected chi connectivity index (χ3v) is 9.74. The quantitative estimate of drug-likeness (QED) is 0.181. The zero-order valence-electron chi connectivity index (χ0n) is 31.6. The highest BCUT2D eigenvalue weighted by molar-refractivity contribution is 5.99. The van der Waals surface area contributed by atoms with Gasteiger partial charge in [0, 0.05) is 29.7 Å². The van der Waals surface area contributed by atoms with E-state index < -0.39 is 53.8 Å². The Morgan fingerprint density at radius 1 is 0.824 bits per heavy atom. The number of hydrogen-bond acceptors (Lipinski definition) is 8. The number of benzene rings is 1. The van der Waals surface area contributed by atoms with Crippen LogP contribution in [0.1, 0.15) is 119 Å². The van der Waals surface area contributed by atoms with E-state index in [1.54, 1.807) is 0 Å². The molecular weight excluding hydrogens is 656 g/mol. The summed E-state index contributed by atoms with van der Waals surface area (Å²) in [5, 5.41) is 21.6. The van der Waals surface area contributed by atoms with Crippen molar-refractivity contribution in [2.75, 3.05) is 11.9 Å². The topological polar surface area (TPSA) is 186 Å². The number of anilines is 1. The van der Waals surface area contributed by atoms with E-state index in [1.165, 1.54) is 18.7 Å². The molecule has 1 unspecified atom stereocenters. The van der Waals surface area contributed by atoms with Gasteiger partial charge in [-0.1, -0.05) is 26.0 Å². The molecular formula is C37H58N6O8. The number of amides is 5. The van der Waals surface area contributed by atoms with Crippen LogP contribution in [0.2, 0.25) is 0 Å². The largest absolute Gasteiger partial charge is 0.481 e.